The average molecular weight is 394 g/mol. The quantitative estimate of drug-likeness (QED) is 0.581. The second-order valence-electron chi connectivity index (χ2n) is 7.86. The van der Waals surface area contributed by atoms with Gasteiger partial charge in [0, 0.05) is 19.2 Å². The SMILES string of the molecule is CC(C)(C)OC(=O)N1CCC(Cc2ccc(OCC(=O)O)c([N+](=O)[O-])c2)CC1. The van der Waals surface area contributed by atoms with E-state index in [9.17, 15) is 19.7 Å². The zero-order chi connectivity index (χ0) is 20.9. The number of carboxylic acid groups (broad SMARTS) is 1. The molecule has 0 spiro atoms. The molecule has 1 aliphatic heterocycles. The normalized spacial score (nSPS) is 15.2. The summed E-state index contributed by atoms with van der Waals surface area (Å²) in [6.07, 6.45) is 1.89. The third kappa shape index (κ3) is 6.40. The molecule has 0 saturated carbocycles. The van der Waals surface area contributed by atoms with Crippen molar-refractivity contribution >= 4 is 17.7 Å². The predicted molar refractivity (Wildman–Crippen MR) is 100 cm³/mol. The Kier molecular flexibility index (Phi) is 6.82. The van der Waals surface area contributed by atoms with Crippen LogP contribution in [0.2, 0.25) is 0 Å². The number of benzene rings is 1. The second-order valence-corrected chi connectivity index (χ2v) is 7.86. The number of aliphatic carboxylic acids is 1. The third-order valence-corrected chi connectivity index (χ3v) is 4.36. The van der Waals surface area contributed by atoms with Crippen molar-refractivity contribution < 1.29 is 29.1 Å². The number of piperidine rings is 1. The molecule has 0 radical (unpaired) electrons. The number of ether oxygens (including phenoxy) is 2. The summed E-state index contributed by atoms with van der Waals surface area (Å²) in [5, 5.41) is 19.9. The maximum atomic E-state index is 12.1. The minimum absolute atomic E-state index is 0.0594. The van der Waals surface area contributed by atoms with Crippen molar-refractivity contribution in [2.24, 2.45) is 5.92 Å². The molecular weight excluding hydrogens is 368 g/mol. The highest BCUT2D eigenvalue weighted by Gasteiger charge is 2.27. The zero-order valence-corrected chi connectivity index (χ0v) is 16.3. The Morgan fingerprint density at radius 2 is 1.93 bits per heavy atom. The predicted octanol–water partition coefficient (Wildman–Crippen LogP) is 3.25. The van der Waals surface area contributed by atoms with E-state index in [0.29, 0.717) is 25.4 Å². The summed E-state index contributed by atoms with van der Waals surface area (Å²) in [7, 11) is 0. The van der Waals surface area contributed by atoms with Crippen molar-refractivity contribution in [2.75, 3.05) is 19.7 Å². The van der Waals surface area contributed by atoms with Gasteiger partial charge in [0.05, 0.1) is 4.92 Å². The smallest absolute Gasteiger partial charge is 0.410 e. The molecule has 1 amide bonds. The number of nitro groups is 1. The molecular formula is C19H26N2O7. The highest BCUT2D eigenvalue weighted by atomic mass is 16.6. The maximum Gasteiger partial charge on any atom is 0.410 e. The van der Waals surface area contributed by atoms with Gasteiger partial charge in [-0.1, -0.05) is 6.07 Å². The van der Waals surface area contributed by atoms with Crippen LogP contribution in [0.15, 0.2) is 18.2 Å². The zero-order valence-electron chi connectivity index (χ0n) is 16.3. The van der Waals surface area contributed by atoms with E-state index < -0.39 is 23.1 Å². The molecule has 1 N–H and O–H groups in total. The summed E-state index contributed by atoms with van der Waals surface area (Å²) in [5.74, 6) is -0.963. The Morgan fingerprint density at radius 3 is 2.46 bits per heavy atom. The number of hydrogen-bond acceptors (Lipinski definition) is 6. The second kappa shape index (κ2) is 8.90. The highest BCUT2D eigenvalue weighted by molar-refractivity contribution is 5.69. The molecule has 0 aliphatic carbocycles. The van der Waals surface area contributed by atoms with E-state index in [1.54, 1.807) is 11.0 Å². The number of hydrogen-bond donors (Lipinski definition) is 1. The third-order valence-electron chi connectivity index (χ3n) is 4.36. The first-order valence-electron chi connectivity index (χ1n) is 9.15. The fraction of sp³-hybridized carbons (Fsp3) is 0.579. The summed E-state index contributed by atoms with van der Waals surface area (Å²) in [5.41, 5.74) is 0.00663. The minimum Gasteiger partial charge on any atom is -0.479 e. The number of nitrogens with zero attached hydrogens (tertiary/aromatic N) is 2. The van der Waals surface area contributed by atoms with Crippen LogP contribution in [-0.2, 0) is 16.0 Å². The number of likely N-dealkylation sites (tertiary alicyclic amines) is 1. The van der Waals surface area contributed by atoms with E-state index in [4.69, 9.17) is 14.6 Å². The van der Waals surface area contributed by atoms with Crippen LogP contribution in [0.3, 0.4) is 0 Å². The molecule has 9 nitrogen and oxygen atoms in total. The lowest BCUT2D eigenvalue weighted by molar-refractivity contribution is -0.385. The lowest BCUT2D eigenvalue weighted by atomic mass is 9.90. The highest BCUT2D eigenvalue weighted by Crippen LogP contribution is 2.30. The first kappa shape index (κ1) is 21.5. The van der Waals surface area contributed by atoms with Gasteiger partial charge in [-0.05, 0) is 57.6 Å². The fourth-order valence-corrected chi connectivity index (χ4v) is 3.07. The van der Waals surface area contributed by atoms with Gasteiger partial charge in [-0.25, -0.2) is 9.59 Å². The number of carboxylic acids is 1. The van der Waals surface area contributed by atoms with Crippen LogP contribution in [0.4, 0.5) is 10.5 Å². The number of carbonyl (C=O) groups is 2. The molecule has 9 heteroatoms. The topological polar surface area (TPSA) is 119 Å². The molecule has 1 aromatic rings. The molecule has 0 unspecified atom stereocenters. The first-order valence-corrected chi connectivity index (χ1v) is 9.15. The van der Waals surface area contributed by atoms with Crippen molar-refractivity contribution in [1.82, 2.24) is 4.90 Å². The first-order chi connectivity index (χ1) is 13.0. The van der Waals surface area contributed by atoms with Crippen molar-refractivity contribution in [3.8, 4) is 5.75 Å². The van der Waals surface area contributed by atoms with Crippen LogP contribution in [-0.4, -0.2) is 52.3 Å². The molecule has 2 rings (SSSR count). The number of carbonyl (C=O) groups excluding carboxylic acids is 1. The fourth-order valence-electron chi connectivity index (χ4n) is 3.07. The molecule has 154 valence electrons. The van der Waals surface area contributed by atoms with Gasteiger partial charge < -0.3 is 19.5 Å². The summed E-state index contributed by atoms with van der Waals surface area (Å²) >= 11 is 0. The van der Waals surface area contributed by atoms with Gasteiger partial charge in [0.15, 0.2) is 12.4 Å². The summed E-state index contributed by atoms with van der Waals surface area (Å²) < 4.78 is 10.4. The van der Waals surface area contributed by atoms with E-state index >= 15 is 0 Å². The van der Waals surface area contributed by atoms with Gasteiger partial charge in [0.2, 0.25) is 0 Å². The molecule has 0 aromatic heterocycles. The summed E-state index contributed by atoms with van der Waals surface area (Å²) in [6.45, 7) is 6.02. The average Bonchev–Trinajstić information content (AvgIpc) is 2.59. The maximum absolute atomic E-state index is 12.1. The minimum atomic E-state index is -1.20. The number of nitro benzene ring substituents is 1. The number of amides is 1. The summed E-state index contributed by atoms with van der Waals surface area (Å²) in [4.78, 5) is 35.1. The van der Waals surface area contributed by atoms with E-state index in [0.717, 1.165) is 18.4 Å². The molecule has 1 saturated heterocycles. The van der Waals surface area contributed by atoms with Crippen LogP contribution < -0.4 is 4.74 Å². The van der Waals surface area contributed by atoms with Crippen molar-refractivity contribution in [3.05, 3.63) is 33.9 Å². The van der Waals surface area contributed by atoms with E-state index in [1.165, 1.54) is 12.1 Å². The van der Waals surface area contributed by atoms with Crippen LogP contribution in [0.1, 0.15) is 39.2 Å². The van der Waals surface area contributed by atoms with E-state index in [2.05, 4.69) is 0 Å². The van der Waals surface area contributed by atoms with Gasteiger partial charge >= 0.3 is 17.7 Å². The molecule has 1 fully saturated rings. The van der Waals surface area contributed by atoms with Gasteiger partial charge in [-0.15, -0.1) is 0 Å². The molecule has 0 atom stereocenters. The summed E-state index contributed by atoms with van der Waals surface area (Å²) in [6, 6.07) is 4.58. The van der Waals surface area contributed by atoms with Crippen LogP contribution in [0.5, 0.6) is 5.75 Å². The van der Waals surface area contributed by atoms with E-state index in [1.807, 2.05) is 20.8 Å². The Labute approximate surface area is 163 Å². The van der Waals surface area contributed by atoms with E-state index in [-0.39, 0.29) is 17.5 Å². The van der Waals surface area contributed by atoms with Crippen LogP contribution in [0, 0.1) is 16.0 Å². The monoisotopic (exact) mass is 394 g/mol. The standard InChI is InChI=1S/C19H26N2O7/c1-19(2,3)28-18(24)20-8-6-13(7-9-20)10-14-4-5-16(27-12-17(22)23)15(11-14)21(25)26/h4-5,11,13H,6-10,12H2,1-3H3,(H,22,23). The van der Waals surface area contributed by atoms with Crippen molar-refractivity contribution in [3.63, 3.8) is 0 Å². The largest absolute Gasteiger partial charge is 0.479 e. The Hall–Kier alpha value is -2.84. The van der Waals surface area contributed by atoms with Gasteiger partial charge in [0.25, 0.3) is 0 Å². The van der Waals surface area contributed by atoms with Crippen LogP contribution >= 0.6 is 0 Å². The lowest BCUT2D eigenvalue weighted by Gasteiger charge is -2.33. The lowest BCUT2D eigenvalue weighted by Crippen LogP contribution is -2.42. The van der Waals surface area contributed by atoms with Crippen LogP contribution in [0.25, 0.3) is 0 Å². The van der Waals surface area contributed by atoms with Gasteiger partial charge in [-0.3, -0.25) is 10.1 Å². The van der Waals surface area contributed by atoms with Gasteiger partial charge in [0.1, 0.15) is 5.60 Å². The number of rotatable bonds is 6. The Balaban J connectivity index is 1.95. The molecule has 1 heterocycles. The van der Waals surface area contributed by atoms with Gasteiger partial charge in [-0.2, -0.15) is 0 Å². The molecule has 28 heavy (non-hydrogen) atoms. The Bertz CT molecular complexity index is 734. The Morgan fingerprint density at radius 1 is 1.29 bits per heavy atom. The molecule has 0 bridgehead atoms. The molecule has 1 aliphatic rings. The van der Waals surface area contributed by atoms with Crippen molar-refractivity contribution in [2.45, 2.75) is 45.6 Å². The molecule has 1 aromatic carbocycles. The van der Waals surface area contributed by atoms with Crippen molar-refractivity contribution in [1.29, 1.82) is 0 Å².